The number of oxime groups is 1. The number of nitrogens with zero attached hydrogens (tertiary/aromatic N) is 3. The molecule has 3 aromatic rings. The molecule has 0 saturated carbocycles. The quantitative estimate of drug-likeness (QED) is 0.637. The summed E-state index contributed by atoms with van der Waals surface area (Å²) in [7, 11) is 1.64. The van der Waals surface area contributed by atoms with Crippen LogP contribution in [-0.2, 0) is 10.6 Å². The second-order valence-corrected chi connectivity index (χ2v) is 7.81. The number of amidine groups is 1. The van der Waals surface area contributed by atoms with Crippen molar-refractivity contribution in [1.29, 1.82) is 0 Å². The van der Waals surface area contributed by atoms with Gasteiger partial charge in [-0.15, -0.1) is 0 Å². The number of nitrogens with one attached hydrogen (secondary N) is 1. The predicted molar refractivity (Wildman–Crippen MR) is 118 cm³/mol. The van der Waals surface area contributed by atoms with Gasteiger partial charge in [-0.25, -0.2) is 4.39 Å². The van der Waals surface area contributed by atoms with Crippen molar-refractivity contribution >= 4 is 11.9 Å². The van der Waals surface area contributed by atoms with E-state index in [1.807, 2.05) is 29.2 Å². The van der Waals surface area contributed by atoms with Gasteiger partial charge in [0.2, 0.25) is 0 Å². The van der Waals surface area contributed by atoms with Gasteiger partial charge in [-0.1, -0.05) is 11.2 Å². The summed E-state index contributed by atoms with van der Waals surface area (Å²) in [5, 5.41) is 21.6. The highest BCUT2D eigenvalue weighted by Crippen LogP contribution is 2.40. The van der Waals surface area contributed by atoms with E-state index in [0.717, 1.165) is 41.0 Å². The molecule has 164 valence electrons. The Balaban J connectivity index is 1.47. The van der Waals surface area contributed by atoms with E-state index in [1.54, 1.807) is 25.4 Å². The van der Waals surface area contributed by atoms with E-state index in [0.29, 0.717) is 17.9 Å². The maximum absolute atomic E-state index is 13.4. The highest BCUT2D eigenvalue weighted by Gasteiger charge is 2.49. The van der Waals surface area contributed by atoms with Gasteiger partial charge in [0.1, 0.15) is 18.2 Å². The summed E-state index contributed by atoms with van der Waals surface area (Å²) < 4.78 is 19.0. The number of hydrogen-bond donors (Lipinski definition) is 2. The Morgan fingerprint density at radius 1 is 1.25 bits per heavy atom. The highest BCUT2D eigenvalue weighted by atomic mass is 19.1. The van der Waals surface area contributed by atoms with Gasteiger partial charge in [0.15, 0.2) is 5.84 Å². The largest absolute Gasteiger partial charge is 0.496 e. The first-order valence-electron chi connectivity index (χ1n) is 10.4. The summed E-state index contributed by atoms with van der Waals surface area (Å²) in [6.07, 6.45) is 5.47. The third-order valence-corrected chi connectivity index (χ3v) is 5.96. The zero-order valence-corrected chi connectivity index (χ0v) is 17.6. The molecule has 1 aromatic heterocycles. The van der Waals surface area contributed by atoms with Crippen LogP contribution in [0.3, 0.4) is 0 Å². The SMILES string of the molecule is COc1cc(/C=C2\CCCN3C2=NOC3(CO)c2ccc(F)cc2)ccc1-c1ccn[nH]1. The molecule has 0 spiro atoms. The van der Waals surface area contributed by atoms with Crippen molar-refractivity contribution in [3.05, 3.63) is 77.2 Å². The van der Waals surface area contributed by atoms with Crippen LogP contribution in [0.4, 0.5) is 4.39 Å². The van der Waals surface area contributed by atoms with Crippen molar-refractivity contribution in [2.75, 3.05) is 20.3 Å². The van der Waals surface area contributed by atoms with Gasteiger partial charge in [-0.3, -0.25) is 5.10 Å². The number of halogens is 1. The fourth-order valence-electron chi connectivity index (χ4n) is 4.33. The number of benzene rings is 2. The number of hydrogen-bond acceptors (Lipinski definition) is 6. The van der Waals surface area contributed by atoms with Gasteiger partial charge >= 0.3 is 0 Å². The number of aromatic amines is 1. The number of H-pyrrole nitrogens is 1. The number of piperidine rings is 1. The lowest BCUT2D eigenvalue weighted by molar-refractivity contribution is -0.137. The van der Waals surface area contributed by atoms with E-state index in [4.69, 9.17) is 9.57 Å². The first kappa shape index (κ1) is 20.3. The maximum atomic E-state index is 13.4. The first-order chi connectivity index (χ1) is 15.6. The molecule has 2 aromatic carbocycles. The highest BCUT2D eigenvalue weighted by molar-refractivity contribution is 6.03. The van der Waals surface area contributed by atoms with Crippen LogP contribution in [0.5, 0.6) is 5.75 Å². The molecule has 1 saturated heterocycles. The Morgan fingerprint density at radius 2 is 2.09 bits per heavy atom. The molecule has 0 radical (unpaired) electrons. The van der Waals surface area contributed by atoms with Crippen molar-refractivity contribution < 1.29 is 19.1 Å². The van der Waals surface area contributed by atoms with Crippen LogP contribution in [0.2, 0.25) is 0 Å². The summed E-state index contributed by atoms with van der Waals surface area (Å²) in [6, 6.07) is 13.8. The number of rotatable bonds is 5. The number of fused-ring (bicyclic) bond motifs is 1. The van der Waals surface area contributed by atoms with E-state index < -0.39 is 5.72 Å². The molecular formula is C24H23FN4O3. The van der Waals surface area contributed by atoms with E-state index >= 15 is 0 Å². The molecule has 8 heteroatoms. The molecule has 0 amide bonds. The van der Waals surface area contributed by atoms with Crippen molar-refractivity contribution in [2.45, 2.75) is 18.6 Å². The van der Waals surface area contributed by atoms with Crippen LogP contribution < -0.4 is 4.74 Å². The molecule has 1 atom stereocenters. The minimum Gasteiger partial charge on any atom is -0.496 e. The van der Waals surface area contributed by atoms with Crippen molar-refractivity contribution in [3.8, 4) is 17.0 Å². The lowest BCUT2D eigenvalue weighted by Gasteiger charge is -2.38. The van der Waals surface area contributed by atoms with Crippen molar-refractivity contribution in [1.82, 2.24) is 15.1 Å². The fraction of sp³-hybridized carbons (Fsp3) is 0.250. The molecule has 2 N–H and O–H groups in total. The van der Waals surface area contributed by atoms with Crippen LogP contribution in [0.15, 0.2) is 65.5 Å². The third-order valence-electron chi connectivity index (χ3n) is 5.96. The second kappa shape index (κ2) is 8.12. The normalized spacial score (nSPS) is 21.3. The van der Waals surface area contributed by atoms with E-state index in [2.05, 4.69) is 21.4 Å². The average Bonchev–Trinajstić information content (AvgIpc) is 3.49. The lowest BCUT2D eigenvalue weighted by Crippen LogP contribution is -2.51. The van der Waals surface area contributed by atoms with E-state index in [1.165, 1.54) is 12.1 Å². The van der Waals surface area contributed by atoms with Gasteiger partial charge in [0.05, 0.1) is 12.8 Å². The van der Waals surface area contributed by atoms with Gasteiger partial charge in [0.25, 0.3) is 5.72 Å². The van der Waals surface area contributed by atoms with Crippen LogP contribution >= 0.6 is 0 Å². The molecule has 7 nitrogen and oxygen atoms in total. The van der Waals surface area contributed by atoms with Gasteiger partial charge in [-0.05, 0) is 72.5 Å². The minimum atomic E-state index is -1.15. The molecule has 2 aliphatic rings. The lowest BCUT2D eigenvalue weighted by atomic mass is 9.94. The molecule has 5 rings (SSSR count). The Bertz CT molecular complexity index is 1170. The number of aliphatic hydroxyl groups is 1. The van der Waals surface area contributed by atoms with Crippen LogP contribution in [0, 0.1) is 5.82 Å². The van der Waals surface area contributed by atoms with E-state index in [-0.39, 0.29) is 12.4 Å². The first-order valence-corrected chi connectivity index (χ1v) is 10.4. The Labute approximate surface area is 184 Å². The fourth-order valence-corrected chi connectivity index (χ4v) is 4.33. The topological polar surface area (TPSA) is 83.0 Å². The molecule has 3 heterocycles. The smallest absolute Gasteiger partial charge is 0.260 e. The molecule has 2 aliphatic heterocycles. The van der Waals surface area contributed by atoms with Crippen LogP contribution in [-0.4, -0.2) is 46.3 Å². The van der Waals surface area contributed by atoms with Gasteiger partial charge in [0, 0.05) is 23.9 Å². The van der Waals surface area contributed by atoms with E-state index in [9.17, 15) is 9.50 Å². The predicted octanol–water partition coefficient (Wildman–Crippen LogP) is 3.89. The maximum Gasteiger partial charge on any atom is 0.260 e. The molecular weight excluding hydrogens is 411 g/mol. The summed E-state index contributed by atoms with van der Waals surface area (Å²) in [5.74, 6) is 1.08. The summed E-state index contributed by atoms with van der Waals surface area (Å²) >= 11 is 0. The molecule has 0 bridgehead atoms. The summed E-state index contributed by atoms with van der Waals surface area (Å²) in [4.78, 5) is 7.77. The third kappa shape index (κ3) is 3.33. The Morgan fingerprint density at radius 3 is 2.81 bits per heavy atom. The zero-order valence-electron chi connectivity index (χ0n) is 17.6. The number of methoxy groups -OCH3 is 1. The number of ether oxygens (including phenoxy) is 1. The average molecular weight is 434 g/mol. The summed E-state index contributed by atoms with van der Waals surface area (Å²) in [6.45, 7) is 0.377. The van der Waals surface area contributed by atoms with Gasteiger partial charge in [-0.2, -0.15) is 5.10 Å². The number of aromatic nitrogens is 2. The van der Waals surface area contributed by atoms with Crippen LogP contribution in [0.25, 0.3) is 17.3 Å². The second-order valence-electron chi connectivity index (χ2n) is 7.81. The Kier molecular flexibility index (Phi) is 5.14. The molecule has 32 heavy (non-hydrogen) atoms. The van der Waals surface area contributed by atoms with Crippen molar-refractivity contribution in [3.63, 3.8) is 0 Å². The van der Waals surface area contributed by atoms with Crippen LogP contribution in [0.1, 0.15) is 24.0 Å². The number of aliphatic hydroxyl groups excluding tert-OH is 1. The molecule has 1 unspecified atom stereocenters. The van der Waals surface area contributed by atoms with Crippen molar-refractivity contribution in [2.24, 2.45) is 5.16 Å². The van der Waals surface area contributed by atoms with Gasteiger partial charge < -0.3 is 19.6 Å². The molecule has 1 fully saturated rings. The molecule has 0 aliphatic carbocycles. The monoisotopic (exact) mass is 434 g/mol. The standard InChI is InChI=1S/C24H23FN4O3/c1-31-22-14-16(4-9-20(22)21-10-11-26-27-21)13-17-3-2-12-29-23(17)28-32-24(29,15-30)18-5-7-19(25)8-6-18/h4-11,13-14,30H,2-3,12,15H2,1H3,(H,26,27)/b17-13+. The Hall–Kier alpha value is -3.65. The summed E-state index contributed by atoms with van der Waals surface area (Å²) in [5.41, 5.74) is 3.29. The minimum absolute atomic E-state index is 0.300. The zero-order chi connectivity index (χ0) is 22.1.